The van der Waals surface area contributed by atoms with E-state index in [0.717, 1.165) is 25.0 Å². The number of unbranched alkanes of at least 4 members (excludes halogenated alkanes) is 1. The maximum atomic E-state index is 12.3. The first-order valence-corrected chi connectivity index (χ1v) is 8.40. The van der Waals surface area contributed by atoms with Crippen molar-refractivity contribution < 1.29 is 14.1 Å². The quantitative estimate of drug-likeness (QED) is 0.746. The number of benzene rings is 1. The molecule has 1 amide bonds. The van der Waals surface area contributed by atoms with Crippen molar-refractivity contribution in [3.8, 4) is 5.75 Å². The van der Waals surface area contributed by atoms with Crippen LogP contribution in [-0.4, -0.2) is 24.7 Å². The highest BCUT2D eigenvalue weighted by atomic mass is 16.5. The number of hydrogen-bond donors (Lipinski definition) is 1. The summed E-state index contributed by atoms with van der Waals surface area (Å²) in [6.45, 7) is 6.43. The maximum Gasteiger partial charge on any atom is 0.256 e. The summed E-state index contributed by atoms with van der Waals surface area (Å²) in [4.78, 5) is 12.3. The Kier molecular flexibility index (Phi) is 6.41. The molecule has 5 nitrogen and oxygen atoms in total. The van der Waals surface area contributed by atoms with Crippen molar-refractivity contribution in [2.24, 2.45) is 0 Å². The monoisotopic (exact) mass is 330 g/mol. The van der Waals surface area contributed by atoms with Gasteiger partial charge in [0.2, 0.25) is 0 Å². The number of carbonyl (C=O) groups excluding carboxylic acids is 1. The molecular formula is C19H26N2O3. The SMILES string of the molecule is COc1ccc(CCCCNC(=O)c2c(C)noc2C(C)C)cc1. The number of nitrogens with zero attached hydrogens (tertiary/aromatic N) is 1. The van der Waals surface area contributed by atoms with Gasteiger partial charge in [0.05, 0.1) is 12.8 Å². The van der Waals surface area contributed by atoms with Crippen molar-refractivity contribution in [2.75, 3.05) is 13.7 Å². The summed E-state index contributed by atoms with van der Waals surface area (Å²) in [6, 6.07) is 8.10. The molecule has 0 spiro atoms. The molecule has 130 valence electrons. The molecule has 1 aromatic carbocycles. The van der Waals surface area contributed by atoms with Crippen LogP contribution in [0.25, 0.3) is 0 Å². The predicted molar refractivity (Wildman–Crippen MR) is 93.6 cm³/mol. The number of hydrogen-bond acceptors (Lipinski definition) is 4. The van der Waals surface area contributed by atoms with Crippen LogP contribution in [0.1, 0.15) is 60.0 Å². The number of aromatic nitrogens is 1. The number of carbonyl (C=O) groups is 1. The average molecular weight is 330 g/mol. The number of nitrogens with one attached hydrogen (secondary N) is 1. The molecular weight excluding hydrogens is 304 g/mol. The molecule has 0 unspecified atom stereocenters. The third kappa shape index (κ3) is 4.60. The van der Waals surface area contributed by atoms with Gasteiger partial charge in [0, 0.05) is 12.5 Å². The molecule has 0 aliphatic heterocycles. The normalized spacial score (nSPS) is 10.9. The van der Waals surface area contributed by atoms with Crippen molar-refractivity contribution in [2.45, 2.75) is 46.0 Å². The van der Waals surface area contributed by atoms with Crippen LogP contribution in [0.15, 0.2) is 28.8 Å². The first-order valence-electron chi connectivity index (χ1n) is 8.40. The van der Waals surface area contributed by atoms with E-state index in [9.17, 15) is 4.79 Å². The van der Waals surface area contributed by atoms with Crippen LogP contribution in [0.5, 0.6) is 5.75 Å². The molecule has 0 saturated heterocycles. The van der Waals surface area contributed by atoms with Crippen LogP contribution in [0.4, 0.5) is 0 Å². The van der Waals surface area contributed by atoms with E-state index in [-0.39, 0.29) is 11.8 Å². The second-order valence-electron chi connectivity index (χ2n) is 6.22. The van der Waals surface area contributed by atoms with Gasteiger partial charge in [-0.3, -0.25) is 4.79 Å². The lowest BCUT2D eigenvalue weighted by molar-refractivity contribution is 0.0950. The average Bonchev–Trinajstić information content (AvgIpc) is 2.97. The molecule has 1 N–H and O–H groups in total. The number of amides is 1. The first-order chi connectivity index (χ1) is 11.5. The van der Waals surface area contributed by atoms with Gasteiger partial charge >= 0.3 is 0 Å². The smallest absolute Gasteiger partial charge is 0.256 e. The molecule has 0 aliphatic carbocycles. The fraction of sp³-hybridized carbons (Fsp3) is 0.474. The molecule has 0 fully saturated rings. The molecule has 0 aliphatic rings. The van der Waals surface area contributed by atoms with E-state index in [0.29, 0.717) is 23.6 Å². The minimum atomic E-state index is -0.0955. The van der Waals surface area contributed by atoms with Crippen LogP contribution in [0.3, 0.4) is 0 Å². The van der Waals surface area contributed by atoms with E-state index >= 15 is 0 Å². The summed E-state index contributed by atoms with van der Waals surface area (Å²) in [7, 11) is 1.67. The van der Waals surface area contributed by atoms with Crippen molar-refractivity contribution >= 4 is 5.91 Å². The summed E-state index contributed by atoms with van der Waals surface area (Å²) in [6.07, 6.45) is 2.94. The van der Waals surface area contributed by atoms with Gasteiger partial charge < -0.3 is 14.6 Å². The van der Waals surface area contributed by atoms with Gasteiger partial charge in [0.1, 0.15) is 11.3 Å². The molecule has 2 aromatic rings. The number of rotatable bonds is 8. The summed E-state index contributed by atoms with van der Waals surface area (Å²) < 4.78 is 10.4. The Balaban J connectivity index is 1.76. The van der Waals surface area contributed by atoms with E-state index in [2.05, 4.69) is 22.6 Å². The summed E-state index contributed by atoms with van der Waals surface area (Å²) in [5, 5.41) is 6.88. The summed E-state index contributed by atoms with van der Waals surface area (Å²) >= 11 is 0. The van der Waals surface area contributed by atoms with E-state index in [1.165, 1.54) is 5.56 Å². The molecule has 2 rings (SSSR count). The minimum absolute atomic E-state index is 0.0955. The zero-order valence-corrected chi connectivity index (χ0v) is 14.9. The van der Waals surface area contributed by atoms with Crippen molar-refractivity contribution in [1.29, 1.82) is 0 Å². The van der Waals surface area contributed by atoms with Gasteiger partial charge in [-0.05, 0) is 43.9 Å². The lowest BCUT2D eigenvalue weighted by Crippen LogP contribution is -2.26. The van der Waals surface area contributed by atoms with Crippen LogP contribution in [0, 0.1) is 6.92 Å². The lowest BCUT2D eigenvalue weighted by Gasteiger charge is -2.07. The Morgan fingerprint density at radius 3 is 2.58 bits per heavy atom. The standard InChI is InChI=1S/C19H26N2O3/c1-13(2)18-17(14(3)21-24-18)19(22)20-12-6-5-7-15-8-10-16(23-4)11-9-15/h8-11,13H,5-7,12H2,1-4H3,(H,20,22). The van der Waals surface area contributed by atoms with Crippen LogP contribution >= 0.6 is 0 Å². The molecule has 0 bridgehead atoms. The zero-order valence-electron chi connectivity index (χ0n) is 14.9. The molecule has 0 radical (unpaired) electrons. The van der Waals surface area contributed by atoms with Crippen LogP contribution < -0.4 is 10.1 Å². The van der Waals surface area contributed by atoms with E-state index in [1.807, 2.05) is 26.0 Å². The van der Waals surface area contributed by atoms with Crippen molar-refractivity contribution in [3.05, 3.63) is 46.8 Å². The second-order valence-corrected chi connectivity index (χ2v) is 6.22. The van der Waals surface area contributed by atoms with Gasteiger partial charge in [0.15, 0.2) is 5.76 Å². The number of methoxy groups -OCH3 is 1. The molecule has 1 heterocycles. The molecule has 5 heteroatoms. The lowest BCUT2D eigenvalue weighted by atomic mass is 10.0. The predicted octanol–water partition coefficient (Wildman–Crippen LogP) is 3.87. The Bertz CT molecular complexity index is 660. The van der Waals surface area contributed by atoms with Crippen LogP contribution in [-0.2, 0) is 6.42 Å². The highest BCUT2D eigenvalue weighted by Crippen LogP contribution is 2.22. The molecule has 0 saturated carbocycles. The highest BCUT2D eigenvalue weighted by Gasteiger charge is 2.21. The van der Waals surface area contributed by atoms with E-state index in [1.54, 1.807) is 14.0 Å². The maximum absolute atomic E-state index is 12.3. The van der Waals surface area contributed by atoms with E-state index in [4.69, 9.17) is 9.26 Å². The Labute approximate surface area is 143 Å². The van der Waals surface area contributed by atoms with Gasteiger partial charge in [0.25, 0.3) is 5.91 Å². The van der Waals surface area contributed by atoms with Gasteiger partial charge in [-0.25, -0.2) is 0 Å². The Hall–Kier alpha value is -2.30. The zero-order chi connectivity index (χ0) is 17.5. The Morgan fingerprint density at radius 2 is 1.96 bits per heavy atom. The molecule has 24 heavy (non-hydrogen) atoms. The Morgan fingerprint density at radius 1 is 1.25 bits per heavy atom. The van der Waals surface area contributed by atoms with Crippen LogP contribution in [0.2, 0.25) is 0 Å². The summed E-state index contributed by atoms with van der Waals surface area (Å²) in [5.74, 6) is 1.57. The summed E-state index contributed by atoms with van der Waals surface area (Å²) in [5.41, 5.74) is 2.51. The number of aryl methyl sites for hydroxylation is 2. The van der Waals surface area contributed by atoms with Gasteiger partial charge in [-0.1, -0.05) is 31.1 Å². The highest BCUT2D eigenvalue weighted by molar-refractivity contribution is 5.96. The first kappa shape index (κ1) is 18.0. The van der Waals surface area contributed by atoms with Crippen molar-refractivity contribution in [3.63, 3.8) is 0 Å². The van der Waals surface area contributed by atoms with Crippen molar-refractivity contribution in [1.82, 2.24) is 10.5 Å². The third-order valence-electron chi connectivity index (χ3n) is 3.98. The number of ether oxygens (including phenoxy) is 1. The second kappa shape index (κ2) is 8.52. The minimum Gasteiger partial charge on any atom is -0.497 e. The fourth-order valence-electron chi connectivity index (χ4n) is 2.59. The van der Waals surface area contributed by atoms with Gasteiger partial charge in [-0.2, -0.15) is 0 Å². The molecule has 0 atom stereocenters. The fourth-order valence-corrected chi connectivity index (χ4v) is 2.59. The third-order valence-corrected chi connectivity index (χ3v) is 3.98. The topological polar surface area (TPSA) is 64.4 Å². The van der Waals surface area contributed by atoms with E-state index < -0.39 is 0 Å². The van der Waals surface area contributed by atoms with Gasteiger partial charge in [-0.15, -0.1) is 0 Å². The molecule has 1 aromatic heterocycles. The largest absolute Gasteiger partial charge is 0.497 e.